The second-order valence-corrected chi connectivity index (χ2v) is 8.80. The molecule has 0 unspecified atom stereocenters. The SMILES string of the molecule is Cc1ccc(S(=O)(=O)N(CC(=O)NCC(C)C)c2cccc(Cl)c2)cc1. The Kier molecular flexibility index (Phi) is 6.67. The number of hydrogen-bond donors (Lipinski definition) is 1. The minimum absolute atomic E-state index is 0.125. The average Bonchev–Trinajstić information content (AvgIpc) is 2.58. The van der Waals surface area contributed by atoms with Crippen LogP contribution in [0.15, 0.2) is 53.4 Å². The molecule has 0 aliphatic rings. The van der Waals surface area contributed by atoms with Crippen LogP contribution in [0.2, 0.25) is 5.02 Å². The predicted octanol–water partition coefficient (Wildman–Crippen LogP) is 3.62. The van der Waals surface area contributed by atoms with Gasteiger partial charge in [-0.2, -0.15) is 0 Å². The van der Waals surface area contributed by atoms with Crippen molar-refractivity contribution in [1.29, 1.82) is 0 Å². The van der Waals surface area contributed by atoms with Gasteiger partial charge in [-0.25, -0.2) is 8.42 Å². The van der Waals surface area contributed by atoms with E-state index in [0.29, 0.717) is 17.3 Å². The highest BCUT2D eigenvalue weighted by molar-refractivity contribution is 7.92. The highest BCUT2D eigenvalue weighted by Crippen LogP contribution is 2.26. The molecule has 0 radical (unpaired) electrons. The Hall–Kier alpha value is -2.05. The quantitative estimate of drug-likeness (QED) is 0.779. The number of carbonyl (C=O) groups excluding carboxylic acids is 1. The summed E-state index contributed by atoms with van der Waals surface area (Å²) >= 11 is 6.02. The maximum absolute atomic E-state index is 13.1. The second-order valence-electron chi connectivity index (χ2n) is 6.50. The van der Waals surface area contributed by atoms with Crippen molar-refractivity contribution in [3.63, 3.8) is 0 Å². The molecule has 1 amide bonds. The molecule has 0 heterocycles. The van der Waals surface area contributed by atoms with Gasteiger partial charge in [-0.15, -0.1) is 0 Å². The van der Waals surface area contributed by atoms with E-state index in [9.17, 15) is 13.2 Å². The lowest BCUT2D eigenvalue weighted by atomic mass is 10.2. The number of aryl methyl sites for hydroxylation is 1. The van der Waals surface area contributed by atoms with Gasteiger partial charge in [0.15, 0.2) is 0 Å². The molecule has 0 aliphatic carbocycles. The molecule has 0 fully saturated rings. The van der Waals surface area contributed by atoms with Gasteiger partial charge in [0.1, 0.15) is 6.54 Å². The number of nitrogens with zero attached hydrogens (tertiary/aromatic N) is 1. The van der Waals surface area contributed by atoms with Crippen molar-refractivity contribution in [2.24, 2.45) is 5.92 Å². The summed E-state index contributed by atoms with van der Waals surface area (Å²) in [6.45, 7) is 5.98. The predicted molar refractivity (Wildman–Crippen MR) is 105 cm³/mol. The Morgan fingerprint density at radius 3 is 2.38 bits per heavy atom. The molecule has 0 spiro atoms. The minimum atomic E-state index is -3.91. The molecule has 0 saturated carbocycles. The van der Waals surface area contributed by atoms with Crippen LogP contribution in [-0.2, 0) is 14.8 Å². The molecule has 5 nitrogen and oxygen atoms in total. The van der Waals surface area contributed by atoms with Gasteiger partial charge in [-0.05, 0) is 43.2 Å². The first kappa shape index (κ1) is 20.3. The summed E-state index contributed by atoms with van der Waals surface area (Å²) in [5.41, 5.74) is 1.30. The standard InChI is InChI=1S/C19H23ClN2O3S/c1-14(2)12-21-19(23)13-22(17-6-4-5-16(20)11-17)26(24,25)18-9-7-15(3)8-10-18/h4-11,14H,12-13H2,1-3H3,(H,21,23). The third kappa shape index (κ3) is 5.22. The molecule has 0 saturated heterocycles. The molecule has 0 aliphatic heterocycles. The summed E-state index contributed by atoms with van der Waals surface area (Å²) in [5, 5.41) is 3.15. The molecule has 7 heteroatoms. The number of benzene rings is 2. The van der Waals surface area contributed by atoms with Crippen LogP contribution in [0.25, 0.3) is 0 Å². The maximum Gasteiger partial charge on any atom is 0.264 e. The van der Waals surface area contributed by atoms with Gasteiger partial charge in [-0.1, -0.05) is 49.2 Å². The molecule has 2 rings (SSSR count). The molecule has 26 heavy (non-hydrogen) atoms. The largest absolute Gasteiger partial charge is 0.354 e. The summed E-state index contributed by atoms with van der Waals surface area (Å²) in [7, 11) is -3.91. The van der Waals surface area contributed by atoms with E-state index < -0.39 is 10.0 Å². The summed E-state index contributed by atoms with van der Waals surface area (Å²) in [6, 6.07) is 13.0. The lowest BCUT2D eigenvalue weighted by Crippen LogP contribution is -2.41. The van der Waals surface area contributed by atoms with E-state index in [1.165, 1.54) is 18.2 Å². The van der Waals surface area contributed by atoms with Crippen molar-refractivity contribution in [2.75, 3.05) is 17.4 Å². The molecule has 2 aromatic rings. The number of halogens is 1. The fourth-order valence-electron chi connectivity index (χ4n) is 2.29. The number of sulfonamides is 1. The molecule has 1 N–H and O–H groups in total. The van der Waals surface area contributed by atoms with Crippen molar-refractivity contribution in [3.8, 4) is 0 Å². The number of rotatable bonds is 7. The maximum atomic E-state index is 13.1. The third-order valence-electron chi connectivity index (χ3n) is 3.70. The fraction of sp³-hybridized carbons (Fsp3) is 0.316. The van der Waals surface area contributed by atoms with Crippen molar-refractivity contribution in [1.82, 2.24) is 5.32 Å². The van der Waals surface area contributed by atoms with Crippen LogP contribution in [0.1, 0.15) is 19.4 Å². The zero-order chi connectivity index (χ0) is 19.3. The Morgan fingerprint density at radius 2 is 1.81 bits per heavy atom. The van der Waals surface area contributed by atoms with E-state index in [1.54, 1.807) is 30.3 Å². The molecular weight excluding hydrogens is 372 g/mol. The Bertz CT molecular complexity index is 865. The number of amides is 1. The third-order valence-corrected chi connectivity index (χ3v) is 5.72. The lowest BCUT2D eigenvalue weighted by molar-refractivity contribution is -0.119. The van der Waals surface area contributed by atoms with Crippen LogP contribution in [-0.4, -0.2) is 27.4 Å². The smallest absolute Gasteiger partial charge is 0.264 e. The lowest BCUT2D eigenvalue weighted by Gasteiger charge is -2.24. The number of hydrogen-bond acceptors (Lipinski definition) is 3. The van der Waals surface area contributed by atoms with Crippen LogP contribution in [0, 0.1) is 12.8 Å². The Morgan fingerprint density at radius 1 is 1.15 bits per heavy atom. The van der Waals surface area contributed by atoms with Gasteiger partial charge < -0.3 is 5.32 Å². The van der Waals surface area contributed by atoms with Crippen LogP contribution in [0.5, 0.6) is 0 Å². The van der Waals surface area contributed by atoms with Crippen LogP contribution in [0.4, 0.5) is 5.69 Å². The van der Waals surface area contributed by atoms with Gasteiger partial charge in [0, 0.05) is 11.6 Å². The molecule has 0 atom stereocenters. The molecule has 0 bridgehead atoms. The van der Waals surface area contributed by atoms with Crippen LogP contribution < -0.4 is 9.62 Å². The molecule has 140 valence electrons. The fourth-order valence-corrected chi connectivity index (χ4v) is 3.89. The number of nitrogens with one attached hydrogen (secondary N) is 1. The van der Waals surface area contributed by atoms with Gasteiger partial charge in [0.25, 0.3) is 10.0 Å². The Labute approximate surface area is 160 Å². The normalized spacial score (nSPS) is 11.4. The van der Waals surface area contributed by atoms with Gasteiger partial charge in [0.2, 0.25) is 5.91 Å². The van der Waals surface area contributed by atoms with Crippen molar-refractivity contribution >= 4 is 33.2 Å². The van der Waals surface area contributed by atoms with Crippen molar-refractivity contribution < 1.29 is 13.2 Å². The van der Waals surface area contributed by atoms with Gasteiger partial charge in [0.05, 0.1) is 10.6 Å². The zero-order valence-corrected chi connectivity index (χ0v) is 16.6. The van der Waals surface area contributed by atoms with E-state index in [4.69, 9.17) is 11.6 Å². The summed E-state index contributed by atoms with van der Waals surface area (Å²) in [4.78, 5) is 12.4. The zero-order valence-electron chi connectivity index (χ0n) is 15.1. The minimum Gasteiger partial charge on any atom is -0.354 e. The number of carbonyl (C=O) groups is 1. The van der Waals surface area contributed by atoms with Gasteiger partial charge in [-0.3, -0.25) is 9.10 Å². The summed E-state index contributed by atoms with van der Waals surface area (Å²) < 4.78 is 27.3. The van der Waals surface area contributed by atoms with E-state index in [0.717, 1.165) is 9.87 Å². The van der Waals surface area contributed by atoms with Crippen LogP contribution >= 0.6 is 11.6 Å². The summed E-state index contributed by atoms with van der Waals surface area (Å²) in [6.07, 6.45) is 0. The van der Waals surface area contributed by atoms with E-state index >= 15 is 0 Å². The van der Waals surface area contributed by atoms with Gasteiger partial charge >= 0.3 is 0 Å². The molecular formula is C19H23ClN2O3S. The average molecular weight is 395 g/mol. The van der Waals surface area contributed by atoms with Crippen molar-refractivity contribution in [2.45, 2.75) is 25.7 Å². The first-order valence-corrected chi connectivity index (χ1v) is 10.1. The highest BCUT2D eigenvalue weighted by Gasteiger charge is 2.27. The van der Waals surface area contributed by atoms with E-state index in [-0.39, 0.29) is 23.3 Å². The number of anilines is 1. The van der Waals surface area contributed by atoms with E-state index in [2.05, 4.69) is 5.32 Å². The van der Waals surface area contributed by atoms with Crippen molar-refractivity contribution in [3.05, 3.63) is 59.1 Å². The monoisotopic (exact) mass is 394 g/mol. The summed E-state index contributed by atoms with van der Waals surface area (Å²) in [5.74, 6) is -0.0957. The molecule has 2 aromatic carbocycles. The Balaban J connectivity index is 2.39. The van der Waals surface area contributed by atoms with Crippen LogP contribution in [0.3, 0.4) is 0 Å². The highest BCUT2D eigenvalue weighted by atomic mass is 35.5. The first-order valence-electron chi connectivity index (χ1n) is 8.32. The molecule has 0 aromatic heterocycles. The van der Waals surface area contributed by atoms with E-state index in [1.807, 2.05) is 20.8 Å². The second kappa shape index (κ2) is 8.56. The first-order chi connectivity index (χ1) is 12.2. The topological polar surface area (TPSA) is 66.5 Å².